The van der Waals surface area contributed by atoms with Crippen molar-refractivity contribution in [2.45, 2.75) is 19.8 Å². The highest BCUT2D eigenvalue weighted by Crippen LogP contribution is 2.20. The van der Waals surface area contributed by atoms with E-state index in [1.165, 1.54) is 6.07 Å². The molecule has 3 rings (SSSR count). The van der Waals surface area contributed by atoms with Crippen LogP contribution in [0.25, 0.3) is 0 Å². The number of unbranched alkanes of at least 4 members (excludes halogenated alkanes) is 1. The SMILES string of the molecule is CCNC(=NCCCCNc1ccccn1)N1CCN(c2ccccc2F)CC1.I. The second kappa shape index (κ2) is 13.3. The first-order valence-corrected chi connectivity index (χ1v) is 10.5. The van der Waals surface area contributed by atoms with Gasteiger partial charge in [-0.2, -0.15) is 0 Å². The molecular formula is C22H32FIN6. The molecule has 30 heavy (non-hydrogen) atoms. The van der Waals surface area contributed by atoms with E-state index in [-0.39, 0.29) is 29.8 Å². The molecule has 0 atom stereocenters. The summed E-state index contributed by atoms with van der Waals surface area (Å²) in [5.41, 5.74) is 0.689. The lowest BCUT2D eigenvalue weighted by molar-refractivity contribution is 0.370. The van der Waals surface area contributed by atoms with Crippen LogP contribution in [0.1, 0.15) is 19.8 Å². The lowest BCUT2D eigenvalue weighted by Crippen LogP contribution is -2.52. The topological polar surface area (TPSA) is 55.8 Å². The number of aliphatic imine (C=N–C) groups is 1. The molecule has 1 fully saturated rings. The summed E-state index contributed by atoms with van der Waals surface area (Å²) in [6, 6.07) is 12.9. The minimum atomic E-state index is -0.152. The molecule has 0 saturated carbocycles. The summed E-state index contributed by atoms with van der Waals surface area (Å²) in [7, 11) is 0. The summed E-state index contributed by atoms with van der Waals surface area (Å²) < 4.78 is 14.0. The number of nitrogens with one attached hydrogen (secondary N) is 2. The van der Waals surface area contributed by atoms with E-state index < -0.39 is 0 Å². The normalized spacial score (nSPS) is 14.3. The van der Waals surface area contributed by atoms with Gasteiger partial charge in [0, 0.05) is 52.0 Å². The minimum Gasteiger partial charge on any atom is -0.370 e. The molecule has 2 N–H and O–H groups in total. The van der Waals surface area contributed by atoms with Crippen LogP contribution in [0, 0.1) is 5.82 Å². The van der Waals surface area contributed by atoms with Gasteiger partial charge in [-0.15, -0.1) is 24.0 Å². The van der Waals surface area contributed by atoms with Gasteiger partial charge < -0.3 is 20.4 Å². The zero-order chi connectivity index (χ0) is 20.3. The molecular weight excluding hydrogens is 494 g/mol. The van der Waals surface area contributed by atoms with E-state index in [0.717, 1.165) is 70.4 Å². The Labute approximate surface area is 196 Å². The van der Waals surface area contributed by atoms with Gasteiger partial charge in [0.2, 0.25) is 0 Å². The predicted molar refractivity (Wildman–Crippen MR) is 134 cm³/mol. The van der Waals surface area contributed by atoms with Crippen molar-refractivity contribution in [3.05, 3.63) is 54.5 Å². The Hall–Kier alpha value is -2.10. The quantitative estimate of drug-likeness (QED) is 0.237. The van der Waals surface area contributed by atoms with Crippen molar-refractivity contribution in [1.29, 1.82) is 0 Å². The van der Waals surface area contributed by atoms with Crippen molar-refractivity contribution in [3.8, 4) is 0 Å². The molecule has 0 radical (unpaired) electrons. The third-order valence-corrected chi connectivity index (χ3v) is 4.92. The molecule has 1 aliphatic heterocycles. The maximum atomic E-state index is 14.0. The molecule has 164 valence electrons. The van der Waals surface area contributed by atoms with Crippen molar-refractivity contribution in [2.24, 2.45) is 4.99 Å². The molecule has 1 aromatic heterocycles. The lowest BCUT2D eigenvalue weighted by Gasteiger charge is -2.37. The molecule has 2 heterocycles. The second-order valence-electron chi connectivity index (χ2n) is 7.01. The highest BCUT2D eigenvalue weighted by atomic mass is 127. The van der Waals surface area contributed by atoms with Crippen LogP contribution in [0.4, 0.5) is 15.9 Å². The van der Waals surface area contributed by atoms with Crippen molar-refractivity contribution in [2.75, 3.05) is 56.0 Å². The zero-order valence-corrected chi connectivity index (χ0v) is 19.9. The smallest absolute Gasteiger partial charge is 0.194 e. The van der Waals surface area contributed by atoms with Crippen molar-refractivity contribution in [1.82, 2.24) is 15.2 Å². The molecule has 8 heteroatoms. The number of guanidine groups is 1. The van der Waals surface area contributed by atoms with Crippen LogP contribution in [0.5, 0.6) is 0 Å². The summed E-state index contributed by atoms with van der Waals surface area (Å²) in [6.07, 6.45) is 3.85. The first kappa shape index (κ1) is 24.2. The third-order valence-electron chi connectivity index (χ3n) is 4.92. The van der Waals surface area contributed by atoms with Crippen LogP contribution >= 0.6 is 24.0 Å². The first-order valence-electron chi connectivity index (χ1n) is 10.5. The fraction of sp³-hybridized carbons (Fsp3) is 0.455. The predicted octanol–water partition coefficient (Wildman–Crippen LogP) is 3.82. The molecule has 6 nitrogen and oxygen atoms in total. The number of pyridine rings is 1. The largest absolute Gasteiger partial charge is 0.370 e. The molecule has 0 bridgehead atoms. The van der Waals surface area contributed by atoms with E-state index in [9.17, 15) is 4.39 Å². The van der Waals surface area contributed by atoms with Gasteiger partial charge in [0.15, 0.2) is 5.96 Å². The summed E-state index contributed by atoms with van der Waals surface area (Å²) >= 11 is 0. The Kier molecular flexibility index (Phi) is 10.7. The van der Waals surface area contributed by atoms with Gasteiger partial charge in [-0.3, -0.25) is 4.99 Å². The number of hydrogen-bond donors (Lipinski definition) is 2. The van der Waals surface area contributed by atoms with Gasteiger partial charge in [0.25, 0.3) is 0 Å². The number of piperazine rings is 1. The molecule has 0 amide bonds. The Morgan fingerprint density at radius 2 is 1.83 bits per heavy atom. The number of rotatable bonds is 8. The Morgan fingerprint density at radius 3 is 2.53 bits per heavy atom. The Bertz CT molecular complexity index is 765. The average molecular weight is 526 g/mol. The highest BCUT2D eigenvalue weighted by Gasteiger charge is 2.21. The molecule has 1 aromatic carbocycles. The second-order valence-corrected chi connectivity index (χ2v) is 7.01. The van der Waals surface area contributed by atoms with Gasteiger partial charge in [0.05, 0.1) is 5.69 Å². The summed E-state index contributed by atoms with van der Waals surface area (Å²) in [5, 5.41) is 6.72. The Balaban J connectivity index is 0.00000320. The molecule has 2 aromatic rings. The number of nitrogens with zero attached hydrogens (tertiary/aromatic N) is 4. The van der Waals surface area contributed by atoms with E-state index in [2.05, 4.69) is 32.3 Å². The van der Waals surface area contributed by atoms with Crippen LogP contribution in [-0.2, 0) is 0 Å². The van der Waals surface area contributed by atoms with Crippen LogP contribution in [-0.4, -0.2) is 61.7 Å². The number of para-hydroxylation sites is 1. The summed E-state index contributed by atoms with van der Waals surface area (Å²) in [4.78, 5) is 13.4. The van der Waals surface area contributed by atoms with Crippen LogP contribution < -0.4 is 15.5 Å². The molecule has 0 aliphatic carbocycles. The number of aromatic nitrogens is 1. The first-order chi connectivity index (χ1) is 14.3. The standard InChI is InChI=1S/C22H31FN6.HI/c1-2-24-22(27-14-8-7-13-26-21-11-5-6-12-25-21)29-17-15-28(16-18-29)20-10-4-3-9-19(20)23;/h3-6,9-12H,2,7-8,13-18H2,1H3,(H,24,27)(H,25,26);1H. The van der Waals surface area contributed by atoms with Crippen molar-refractivity contribution < 1.29 is 4.39 Å². The highest BCUT2D eigenvalue weighted by molar-refractivity contribution is 14.0. The monoisotopic (exact) mass is 526 g/mol. The fourth-order valence-corrected chi connectivity index (χ4v) is 3.40. The number of benzene rings is 1. The molecule has 0 unspecified atom stereocenters. The van der Waals surface area contributed by atoms with Gasteiger partial charge >= 0.3 is 0 Å². The van der Waals surface area contributed by atoms with Gasteiger partial charge in [-0.25, -0.2) is 9.37 Å². The maximum Gasteiger partial charge on any atom is 0.194 e. The fourth-order valence-electron chi connectivity index (χ4n) is 3.40. The molecule has 0 spiro atoms. The minimum absolute atomic E-state index is 0. The van der Waals surface area contributed by atoms with Crippen molar-refractivity contribution in [3.63, 3.8) is 0 Å². The van der Waals surface area contributed by atoms with Crippen LogP contribution in [0.3, 0.4) is 0 Å². The zero-order valence-electron chi connectivity index (χ0n) is 17.6. The van der Waals surface area contributed by atoms with E-state index in [4.69, 9.17) is 4.99 Å². The van der Waals surface area contributed by atoms with E-state index in [0.29, 0.717) is 5.69 Å². The lowest BCUT2D eigenvalue weighted by atomic mass is 10.2. The number of anilines is 2. The van der Waals surface area contributed by atoms with E-state index >= 15 is 0 Å². The third kappa shape index (κ3) is 7.30. The Morgan fingerprint density at radius 1 is 1.07 bits per heavy atom. The van der Waals surface area contributed by atoms with Gasteiger partial charge in [-0.1, -0.05) is 18.2 Å². The molecule has 1 saturated heterocycles. The summed E-state index contributed by atoms with van der Waals surface area (Å²) in [5.74, 6) is 1.72. The van der Waals surface area contributed by atoms with Gasteiger partial charge in [0.1, 0.15) is 11.6 Å². The average Bonchev–Trinajstić information content (AvgIpc) is 2.77. The van der Waals surface area contributed by atoms with Crippen molar-refractivity contribution >= 4 is 41.4 Å². The van der Waals surface area contributed by atoms with Gasteiger partial charge in [-0.05, 0) is 44.0 Å². The van der Waals surface area contributed by atoms with Crippen LogP contribution in [0.2, 0.25) is 0 Å². The van der Waals surface area contributed by atoms with Crippen LogP contribution in [0.15, 0.2) is 53.7 Å². The number of hydrogen-bond acceptors (Lipinski definition) is 4. The number of halogens is 2. The summed E-state index contributed by atoms with van der Waals surface area (Å²) in [6.45, 7) is 7.86. The van der Waals surface area contributed by atoms with E-state index in [1.807, 2.05) is 30.3 Å². The molecule has 1 aliphatic rings. The maximum absolute atomic E-state index is 14.0. The van der Waals surface area contributed by atoms with E-state index in [1.54, 1.807) is 12.3 Å².